The van der Waals surface area contributed by atoms with Gasteiger partial charge in [0.2, 0.25) is 0 Å². The third-order valence-corrected chi connectivity index (χ3v) is 3.98. The minimum atomic E-state index is -3.84. The van der Waals surface area contributed by atoms with Crippen LogP contribution in [0.3, 0.4) is 0 Å². The smallest absolute Gasteiger partial charge is 0.266 e. The van der Waals surface area contributed by atoms with Gasteiger partial charge in [0.25, 0.3) is 10.0 Å². The van der Waals surface area contributed by atoms with Crippen molar-refractivity contribution in [3.05, 3.63) is 48.2 Å². The van der Waals surface area contributed by atoms with Crippen LogP contribution in [0, 0.1) is 0 Å². The maximum Gasteiger partial charge on any atom is 0.266 e. The first-order valence-corrected chi connectivity index (χ1v) is 7.27. The largest absolute Gasteiger partial charge is 0.495 e. The van der Waals surface area contributed by atoms with Gasteiger partial charge in [-0.1, -0.05) is 12.1 Å². The summed E-state index contributed by atoms with van der Waals surface area (Å²) in [4.78, 5) is 3.86. The van der Waals surface area contributed by atoms with E-state index in [0.717, 1.165) is 0 Å². The monoisotopic (exact) mass is 294 g/mol. The molecular formula is C13H14N2O4S. The van der Waals surface area contributed by atoms with Gasteiger partial charge in [-0.3, -0.25) is 4.72 Å². The highest BCUT2D eigenvalue weighted by Gasteiger charge is 2.20. The van der Waals surface area contributed by atoms with E-state index in [1.54, 1.807) is 24.3 Å². The summed E-state index contributed by atoms with van der Waals surface area (Å²) < 4.78 is 32.1. The van der Waals surface area contributed by atoms with Crippen LogP contribution in [0.2, 0.25) is 0 Å². The molecule has 0 amide bonds. The quantitative estimate of drug-likeness (QED) is 0.869. The standard InChI is InChI=1S/C13H14N2O4S/c1-19-11-6-5-10(9-16)8-12(11)20(17,18)15-13-4-2-3-7-14-13/h2-8,16H,9H2,1H3,(H,14,15). The summed E-state index contributed by atoms with van der Waals surface area (Å²) in [6, 6.07) is 9.36. The van der Waals surface area contributed by atoms with Gasteiger partial charge in [-0.15, -0.1) is 0 Å². The molecule has 106 valence electrons. The van der Waals surface area contributed by atoms with Crippen molar-refractivity contribution in [2.75, 3.05) is 11.8 Å². The molecule has 2 aromatic rings. The number of nitrogens with zero attached hydrogens (tertiary/aromatic N) is 1. The Morgan fingerprint density at radius 2 is 2.10 bits per heavy atom. The van der Waals surface area contributed by atoms with Gasteiger partial charge in [0.05, 0.1) is 13.7 Å². The van der Waals surface area contributed by atoms with Gasteiger partial charge in [-0.2, -0.15) is 0 Å². The van der Waals surface area contributed by atoms with E-state index >= 15 is 0 Å². The number of benzene rings is 1. The van der Waals surface area contributed by atoms with Crippen LogP contribution >= 0.6 is 0 Å². The zero-order chi connectivity index (χ0) is 14.6. The van der Waals surface area contributed by atoms with Crippen molar-refractivity contribution < 1.29 is 18.3 Å². The normalized spacial score (nSPS) is 11.1. The molecule has 0 spiro atoms. The summed E-state index contributed by atoms with van der Waals surface area (Å²) >= 11 is 0. The summed E-state index contributed by atoms with van der Waals surface area (Å²) in [6.07, 6.45) is 1.49. The Kier molecular flexibility index (Phi) is 4.21. The number of aliphatic hydroxyl groups excluding tert-OH is 1. The average molecular weight is 294 g/mol. The van der Waals surface area contributed by atoms with Crippen molar-refractivity contribution in [1.29, 1.82) is 0 Å². The Morgan fingerprint density at radius 1 is 1.30 bits per heavy atom. The number of hydrogen-bond donors (Lipinski definition) is 2. The first kappa shape index (κ1) is 14.3. The fourth-order valence-corrected chi connectivity index (χ4v) is 2.87. The van der Waals surface area contributed by atoms with Crippen molar-refractivity contribution in [3.8, 4) is 5.75 Å². The number of aromatic nitrogens is 1. The molecule has 0 fully saturated rings. The predicted molar refractivity (Wildman–Crippen MR) is 74.0 cm³/mol. The first-order chi connectivity index (χ1) is 9.56. The lowest BCUT2D eigenvalue weighted by Gasteiger charge is -2.12. The maximum atomic E-state index is 12.3. The third kappa shape index (κ3) is 3.06. The lowest BCUT2D eigenvalue weighted by molar-refractivity contribution is 0.281. The second-order valence-corrected chi connectivity index (χ2v) is 5.61. The van der Waals surface area contributed by atoms with E-state index in [-0.39, 0.29) is 23.1 Å². The molecule has 7 heteroatoms. The summed E-state index contributed by atoms with van der Waals surface area (Å²) in [5, 5.41) is 9.11. The number of sulfonamides is 1. The highest BCUT2D eigenvalue weighted by molar-refractivity contribution is 7.92. The fourth-order valence-electron chi connectivity index (χ4n) is 1.65. The summed E-state index contributed by atoms with van der Waals surface area (Å²) in [6.45, 7) is -0.254. The van der Waals surface area contributed by atoms with Crippen LogP contribution in [0.15, 0.2) is 47.5 Å². The minimum absolute atomic E-state index is 0.0443. The van der Waals surface area contributed by atoms with Crippen molar-refractivity contribution in [2.45, 2.75) is 11.5 Å². The van der Waals surface area contributed by atoms with Gasteiger partial charge >= 0.3 is 0 Å². The van der Waals surface area contributed by atoms with Gasteiger partial charge in [-0.05, 0) is 29.8 Å². The summed E-state index contributed by atoms with van der Waals surface area (Å²) in [7, 11) is -2.45. The molecule has 1 aromatic carbocycles. The van der Waals surface area contributed by atoms with E-state index in [1.807, 2.05) is 0 Å². The lowest BCUT2D eigenvalue weighted by Crippen LogP contribution is -2.15. The molecule has 0 aliphatic carbocycles. The molecule has 0 bridgehead atoms. The second-order valence-electron chi connectivity index (χ2n) is 3.96. The molecule has 0 aliphatic rings. The molecule has 0 unspecified atom stereocenters. The van der Waals surface area contributed by atoms with E-state index in [4.69, 9.17) is 9.84 Å². The fraction of sp³-hybridized carbons (Fsp3) is 0.154. The molecule has 0 atom stereocenters. The Bertz CT molecular complexity index is 687. The van der Waals surface area contributed by atoms with Crippen molar-refractivity contribution in [2.24, 2.45) is 0 Å². The molecule has 1 aromatic heterocycles. The topological polar surface area (TPSA) is 88.5 Å². The zero-order valence-corrected chi connectivity index (χ0v) is 11.6. The third-order valence-electron chi connectivity index (χ3n) is 2.60. The Balaban J connectivity index is 2.43. The van der Waals surface area contributed by atoms with E-state index < -0.39 is 10.0 Å². The number of aliphatic hydroxyl groups is 1. The maximum absolute atomic E-state index is 12.3. The number of nitrogens with one attached hydrogen (secondary N) is 1. The lowest BCUT2D eigenvalue weighted by atomic mass is 10.2. The zero-order valence-electron chi connectivity index (χ0n) is 10.8. The number of methoxy groups -OCH3 is 1. The van der Waals surface area contributed by atoms with E-state index in [9.17, 15) is 8.42 Å². The van der Waals surface area contributed by atoms with Crippen LogP contribution in [-0.4, -0.2) is 25.6 Å². The van der Waals surface area contributed by atoms with Crippen molar-refractivity contribution >= 4 is 15.8 Å². The molecule has 2 N–H and O–H groups in total. The molecule has 0 saturated carbocycles. The van der Waals surface area contributed by atoms with Crippen LogP contribution < -0.4 is 9.46 Å². The van der Waals surface area contributed by atoms with Crippen LogP contribution in [0.5, 0.6) is 5.75 Å². The first-order valence-electron chi connectivity index (χ1n) is 5.78. The Hall–Kier alpha value is -2.12. The van der Waals surface area contributed by atoms with Crippen LogP contribution in [-0.2, 0) is 16.6 Å². The number of ether oxygens (including phenoxy) is 1. The van der Waals surface area contributed by atoms with E-state index in [2.05, 4.69) is 9.71 Å². The SMILES string of the molecule is COc1ccc(CO)cc1S(=O)(=O)Nc1ccccn1. The molecule has 0 saturated heterocycles. The number of anilines is 1. The molecule has 1 heterocycles. The summed E-state index contributed by atoms with van der Waals surface area (Å²) in [5.41, 5.74) is 0.479. The van der Waals surface area contributed by atoms with E-state index in [1.165, 1.54) is 25.4 Å². The van der Waals surface area contributed by atoms with Gasteiger partial charge < -0.3 is 9.84 Å². The Morgan fingerprint density at radius 3 is 2.70 bits per heavy atom. The van der Waals surface area contributed by atoms with Crippen LogP contribution in [0.4, 0.5) is 5.82 Å². The van der Waals surface area contributed by atoms with Crippen molar-refractivity contribution in [3.63, 3.8) is 0 Å². The van der Waals surface area contributed by atoms with Crippen LogP contribution in [0.25, 0.3) is 0 Å². The van der Waals surface area contributed by atoms with Crippen LogP contribution in [0.1, 0.15) is 5.56 Å². The number of pyridine rings is 1. The summed E-state index contributed by atoms with van der Waals surface area (Å²) in [5.74, 6) is 0.412. The molecule has 20 heavy (non-hydrogen) atoms. The molecule has 0 aliphatic heterocycles. The van der Waals surface area contributed by atoms with Crippen molar-refractivity contribution in [1.82, 2.24) is 4.98 Å². The van der Waals surface area contributed by atoms with Gasteiger partial charge in [-0.25, -0.2) is 13.4 Å². The second kappa shape index (κ2) is 5.89. The predicted octanol–water partition coefficient (Wildman–Crippen LogP) is 1.38. The highest BCUT2D eigenvalue weighted by atomic mass is 32.2. The molecular weight excluding hydrogens is 280 g/mol. The van der Waals surface area contributed by atoms with Gasteiger partial charge in [0, 0.05) is 6.20 Å². The molecule has 6 nitrogen and oxygen atoms in total. The van der Waals surface area contributed by atoms with E-state index in [0.29, 0.717) is 5.56 Å². The van der Waals surface area contributed by atoms with Gasteiger partial charge in [0.1, 0.15) is 16.5 Å². The highest BCUT2D eigenvalue weighted by Crippen LogP contribution is 2.26. The molecule has 2 rings (SSSR count). The number of rotatable bonds is 5. The number of hydrogen-bond acceptors (Lipinski definition) is 5. The molecule has 0 radical (unpaired) electrons. The van der Waals surface area contributed by atoms with Gasteiger partial charge in [0.15, 0.2) is 0 Å². The Labute approximate surface area is 117 Å². The average Bonchev–Trinajstić information content (AvgIpc) is 2.47. The minimum Gasteiger partial charge on any atom is -0.495 e.